The molecule has 5 nitrogen and oxygen atoms in total. The van der Waals surface area contributed by atoms with Crippen molar-refractivity contribution in [1.29, 1.82) is 0 Å². The number of nitrogens with zero attached hydrogens (tertiary/aromatic N) is 2. The standard InChI is InChI=1S/C25H24ClFN2O3/c1-31-24-16-19(4-11-23(24)32-17-18-2-5-20(26)6-3-18)25(30)29-14-12-28(13-15-29)22-9-7-21(27)8-10-22/h2-11,16H,12-15,17H2,1H3. The number of rotatable bonds is 6. The molecule has 1 saturated heterocycles. The van der Waals surface area contributed by atoms with Gasteiger partial charge in [-0.25, -0.2) is 4.39 Å². The third-order valence-corrected chi connectivity index (χ3v) is 5.73. The zero-order chi connectivity index (χ0) is 22.5. The molecule has 0 N–H and O–H groups in total. The van der Waals surface area contributed by atoms with E-state index in [0.717, 1.165) is 11.3 Å². The molecule has 0 spiro atoms. The van der Waals surface area contributed by atoms with E-state index < -0.39 is 0 Å². The van der Waals surface area contributed by atoms with Gasteiger partial charge in [-0.2, -0.15) is 0 Å². The fourth-order valence-electron chi connectivity index (χ4n) is 3.66. The SMILES string of the molecule is COc1cc(C(=O)N2CCN(c3ccc(F)cc3)CC2)ccc1OCc1ccc(Cl)cc1. The van der Waals surface area contributed by atoms with Gasteiger partial charge in [0.25, 0.3) is 5.91 Å². The van der Waals surface area contributed by atoms with Crippen molar-refractivity contribution in [2.75, 3.05) is 38.2 Å². The monoisotopic (exact) mass is 454 g/mol. The number of methoxy groups -OCH3 is 1. The summed E-state index contributed by atoms with van der Waals surface area (Å²) in [6, 6.07) is 19.1. The van der Waals surface area contributed by atoms with Gasteiger partial charge >= 0.3 is 0 Å². The summed E-state index contributed by atoms with van der Waals surface area (Å²) in [5.74, 6) is 0.776. The van der Waals surface area contributed by atoms with Crippen molar-refractivity contribution in [3.63, 3.8) is 0 Å². The number of piperazine rings is 1. The lowest BCUT2D eigenvalue weighted by atomic mass is 10.1. The van der Waals surface area contributed by atoms with Crippen molar-refractivity contribution >= 4 is 23.2 Å². The highest BCUT2D eigenvalue weighted by atomic mass is 35.5. The normalized spacial score (nSPS) is 13.7. The van der Waals surface area contributed by atoms with Gasteiger partial charge in [-0.05, 0) is 60.2 Å². The molecule has 0 atom stereocenters. The van der Waals surface area contributed by atoms with Crippen LogP contribution in [0, 0.1) is 5.82 Å². The largest absolute Gasteiger partial charge is 0.493 e. The summed E-state index contributed by atoms with van der Waals surface area (Å²) in [4.78, 5) is 17.0. The van der Waals surface area contributed by atoms with Crippen molar-refractivity contribution in [3.8, 4) is 11.5 Å². The third-order valence-electron chi connectivity index (χ3n) is 5.48. The highest BCUT2D eigenvalue weighted by Gasteiger charge is 2.23. The Kier molecular flexibility index (Phi) is 6.81. The molecule has 7 heteroatoms. The molecule has 32 heavy (non-hydrogen) atoms. The van der Waals surface area contributed by atoms with Gasteiger partial charge in [-0.1, -0.05) is 23.7 Å². The molecule has 3 aromatic carbocycles. The van der Waals surface area contributed by atoms with E-state index in [1.807, 2.05) is 29.2 Å². The Labute approximate surface area is 191 Å². The minimum atomic E-state index is -0.253. The smallest absolute Gasteiger partial charge is 0.254 e. The second-order valence-corrected chi connectivity index (χ2v) is 7.97. The van der Waals surface area contributed by atoms with Crippen LogP contribution in [-0.2, 0) is 6.61 Å². The van der Waals surface area contributed by atoms with E-state index >= 15 is 0 Å². The molecular weight excluding hydrogens is 431 g/mol. The lowest BCUT2D eigenvalue weighted by Gasteiger charge is -2.36. The Morgan fingerprint density at radius 3 is 2.28 bits per heavy atom. The molecule has 0 radical (unpaired) electrons. The van der Waals surface area contributed by atoms with Crippen LogP contribution < -0.4 is 14.4 Å². The van der Waals surface area contributed by atoms with Crippen molar-refractivity contribution in [3.05, 3.63) is 88.7 Å². The first-order chi connectivity index (χ1) is 15.5. The number of ether oxygens (including phenoxy) is 2. The fourth-order valence-corrected chi connectivity index (χ4v) is 3.79. The number of halogens is 2. The van der Waals surface area contributed by atoms with Crippen LogP contribution >= 0.6 is 11.6 Å². The van der Waals surface area contributed by atoms with E-state index in [9.17, 15) is 9.18 Å². The number of carbonyl (C=O) groups excluding carboxylic acids is 1. The first kappa shape index (κ1) is 22.0. The summed E-state index contributed by atoms with van der Waals surface area (Å²) < 4.78 is 24.5. The van der Waals surface area contributed by atoms with Crippen LogP contribution in [-0.4, -0.2) is 44.1 Å². The average Bonchev–Trinajstić information content (AvgIpc) is 2.84. The second-order valence-electron chi connectivity index (χ2n) is 7.54. The highest BCUT2D eigenvalue weighted by molar-refractivity contribution is 6.30. The van der Waals surface area contributed by atoms with Crippen LogP contribution in [0.5, 0.6) is 11.5 Å². The zero-order valence-electron chi connectivity index (χ0n) is 17.8. The maximum atomic E-state index is 13.2. The average molecular weight is 455 g/mol. The minimum Gasteiger partial charge on any atom is -0.493 e. The second kappa shape index (κ2) is 9.92. The fraction of sp³-hybridized carbons (Fsp3) is 0.240. The molecule has 4 rings (SSSR count). The molecule has 1 amide bonds. The van der Waals surface area contributed by atoms with Gasteiger partial charge in [0.1, 0.15) is 12.4 Å². The topological polar surface area (TPSA) is 42.0 Å². The first-order valence-corrected chi connectivity index (χ1v) is 10.8. The van der Waals surface area contributed by atoms with Crippen molar-refractivity contribution in [2.45, 2.75) is 6.61 Å². The first-order valence-electron chi connectivity index (χ1n) is 10.4. The van der Waals surface area contributed by atoms with E-state index in [1.165, 1.54) is 12.1 Å². The number of hydrogen-bond donors (Lipinski definition) is 0. The maximum absolute atomic E-state index is 13.2. The molecule has 0 bridgehead atoms. The lowest BCUT2D eigenvalue weighted by molar-refractivity contribution is 0.0746. The Balaban J connectivity index is 1.38. The molecule has 3 aromatic rings. The van der Waals surface area contributed by atoms with E-state index in [2.05, 4.69) is 4.90 Å². The van der Waals surface area contributed by atoms with Gasteiger partial charge in [0.15, 0.2) is 11.5 Å². The number of amides is 1. The van der Waals surface area contributed by atoms with Crippen molar-refractivity contribution in [1.82, 2.24) is 4.90 Å². The molecule has 166 valence electrons. The van der Waals surface area contributed by atoms with Crippen LogP contribution in [0.3, 0.4) is 0 Å². The number of hydrogen-bond acceptors (Lipinski definition) is 4. The van der Waals surface area contributed by atoms with Crippen molar-refractivity contribution in [2.24, 2.45) is 0 Å². The summed E-state index contributed by atoms with van der Waals surface area (Å²) in [6.07, 6.45) is 0. The van der Waals surface area contributed by atoms with Gasteiger partial charge in [0.2, 0.25) is 0 Å². The molecule has 0 saturated carbocycles. The Morgan fingerprint density at radius 2 is 1.62 bits per heavy atom. The quantitative estimate of drug-likeness (QED) is 0.524. The van der Waals surface area contributed by atoms with E-state index in [1.54, 1.807) is 37.4 Å². The Hall–Kier alpha value is -3.25. The Bertz CT molecular complexity index is 1070. The highest BCUT2D eigenvalue weighted by Crippen LogP contribution is 2.30. The maximum Gasteiger partial charge on any atom is 0.254 e. The van der Waals surface area contributed by atoms with Crippen LogP contribution in [0.4, 0.5) is 10.1 Å². The number of benzene rings is 3. The molecule has 0 unspecified atom stereocenters. The third kappa shape index (κ3) is 5.14. The molecule has 1 aliphatic heterocycles. The van der Waals surface area contributed by atoms with Gasteiger partial charge in [-0.15, -0.1) is 0 Å². The summed E-state index contributed by atoms with van der Waals surface area (Å²) in [6.45, 7) is 2.93. The predicted molar refractivity (Wildman–Crippen MR) is 123 cm³/mol. The molecular formula is C25H24ClFN2O3. The van der Waals surface area contributed by atoms with Crippen molar-refractivity contribution < 1.29 is 18.7 Å². The van der Waals surface area contributed by atoms with Gasteiger partial charge < -0.3 is 19.3 Å². The van der Waals surface area contributed by atoms with E-state index in [-0.39, 0.29) is 11.7 Å². The van der Waals surface area contributed by atoms with Gasteiger partial charge in [-0.3, -0.25) is 4.79 Å². The summed E-state index contributed by atoms with van der Waals surface area (Å²) in [5, 5.41) is 0.674. The molecule has 0 aliphatic carbocycles. The van der Waals surface area contributed by atoms with E-state index in [0.29, 0.717) is 54.9 Å². The lowest BCUT2D eigenvalue weighted by Crippen LogP contribution is -2.48. The van der Waals surface area contributed by atoms with Crippen LogP contribution in [0.1, 0.15) is 15.9 Å². The predicted octanol–water partition coefficient (Wildman–Crippen LogP) is 5.03. The molecule has 1 heterocycles. The van der Waals surface area contributed by atoms with Gasteiger partial charge in [0.05, 0.1) is 7.11 Å². The minimum absolute atomic E-state index is 0.0497. The summed E-state index contributed by atoms with van der Waals surface area (Å²) in [5.41, 5.74) is 2.49. The van der Waals surface area contributed by atoms with Crippen LogP contribution in [0.25, 0.3) is 0 Å². The molecule has 1 fully saturated rings. The summed E-state index contributed by atoms with van der Waals surface area (Å²) in [7, 11) is 1.56. The zero-order valence-corrected chi connectivity index (χ0v) is 18.5. The number of anilines is 1. The number of carbonyl (C=O) groups is 1. The van der Waals surface area contributed by atoms with Gasteiger partial charge in [0, 0.05) is 42.5 Å². The summed E-state index contributed by atoms with van der Waals surface area (Å²) >= 11 is 5.92. The molecule has 0 aromatic heterocycles. The molecule has 1 aliphatic rings. The van der Waals surface area contributed by atoms with Crippen LogP contribution in [0.15, 0.2) is 66.7 Å². The Morgan fingerprint density at radius 1 is 0.938 bits per heavy atom. The van der Waals surface area contributed by atoms with Crippen LogP contribution in [0.2, 0.25) is 5.02 Å². The van der Waals surface area contributed by atoms with E-state index in [4.69, 9.17) is 21.1 Å².